The van der Waals surface area contributed by atoms with Crippen LogP contribution in [-0.2, 0) is 6.42 Å². The monoisotopic (exact) mass is 271 g/mol. The summed E-state index contributed by atoms with van der Waals surface area (Å²) in [5.74, 6) is 0. The van der Waals surface area contributed by atoms with Crippen molar-refractivity contribution >= 4 is 10.9 Å². The number of fused-ring (bicyclic) bond motifs is 1. The third kappa shape index (κ3) is 2.89. The molecule has 1 aromatic heterocycles. The van der Waals surface area contributed by atoms with Crippen molar-refractivity contribution in [3.63, 3.8) is 0 Å². The SMILES string of the molecule is Cc1ccc2[nH]c(C)c(CCCN3CCNCC3)c2c1. The van der Waals surface area contributed by atoms with Crippen LogP contribution in [0.4, 0.5) is 0 Å². The summed E-state index contributed by atoms with van der Waals surface area (Å²) in [7, 11) is 0. The number of rotatable bonds is 4. The molecule has 108 valence electrons. The van der Waals surface area contributed by atoms with E-state index >= 15 is 0 Å². The Labute approximate surface area is 121 Å². The molecule has 3 heteroatoms. The number of aryl methyl sites for hydroxylation is 3. The van der Waals surface area contributed by atoms with Crippen molar-refractivity contribution in [2.24, 2.45) is 0 Å². The lowest BCUT2D eigenvalue weighted by Crippen LogP contribution is -2.43. The van der Waals surface area contributed by atoms with Crippen LogP contribution in [0.15, 0.2) is 18.2 Å². The van der Waals surface area contributed by atoms with E-state index in [9.17, 15) is 0 Å². The fraction of sp³-hybridized carbons (Fsp3) is 0.529. The molecule has 3 nitrogen and oxygen atoms in total. The summed E-state index contributed by atoms with van der Waals surface area (Å²) in [6, 6.07) is 6.71. The second-order valence-electron chi connectivity index (χ2n) is 5.97. The summed E-state index contributed by atoms with van der Waals surface area (Å²) in [6.45, 7) is 10.3. The Morgan fingerprint density at radius 3 is 2.75 bits per heavy atom. The third-order valence-corrected chi connectivity index (χ3v) is 4.39. The van der Waals surface area contributed by atoms with Crippen LogP contribution >= 0.6 is 0 Å². The number of benzene rings is 1. The van der Waals surface area contributed by atoms with E-state index in [-0.39, 0.29) is 0 Å². The Morgan fingerprint density at radius 2 is 1.95 bits per heavy atom. The largest absolute Gasteiger partial charge is 0.358 e. The van der Waals surface area contributed by atoms with Crippen LogP contribution in [0.5, 0.6) is 0 Å². The van der Waals surface area contributed by atoms with Gasteiger partial charge in [-0.2, -0.15) is 0 Å². The van der Waals surface area contributed by atoms with Gasteiger partial charge < -0.3 is 15.2 Å². The standard InChI is InChI=1S/C17H25N3/c1-13-5-6-17-16(12-13)15(14(2)19-17)4-3-9-20-10-7-18-8-11-20/h5-6,12,18-19H,3-4,7-11H2,1-2H3. The van der Waals surface area contributed by atoms with Gasteiger partial charge in [-0.15, -0.1) is 0 Å². The highest BCUT2D eigenvalue weighted by Crippen LogP contribution is 2.24. The van der Waals surface area contributed by atoms with Crippen molar-refractivity contribution in [1.29, 1.82) is 0 Å². The van der Waals surface area contributed by atoms with E-state index in [1.807, 2.05) is 0 Å². The molecule has 0 spiro atoms. The van der Waals surface area contributed by atoms with Gasteiger partial charge in [0.15, 0.2) is 0 Å². The van der Waals surface area contributed by atoms with E-state index in [2.05, 4.69) is 47.2 Å². The summed E-state index contributed by atoms with van der Waals surface area (Å²) in [6.07, 6.45) is 2.43. The number of piperazine rings is 1. The van der Waals surface area contributed by atoms with Crippen LogP contribution in [0.2, 0.25) is 0 Å². The van der Waals surface area contributed by atoms with E-state index in [4.69, 9.17) is 0 Å². The second kappa shape index (κ2) is 5.98. The summed E-state index contributed by atoms with van der Waals surface area (Å²) in [5.41, 5.74) is 5.48. The number of aromatic amines is 1. The molecule has 0 atom stereocenters. The van der Waals surface area contributed by atoms with Gasteiger partial charge in [-0.1, -0.05) is 11.6 Å². The van der Waals surface area contributed by atoms with E-state index in [1.54, 1.807) is 0 Å². The number of hydrogen-bond donors (Lipinski definition) is 2. The van der Waals surface area contributed by atoms with Crippen LogP contribution in [0.1, 0.15) is 23.2 Å². The molecule has 2 N–H and O–H groups in total. The van der Waals surface area contributed by atoms with E-state index < -0.39 is 0 Å². The average molecular weight is 271 g/mol. The Balaban J connectivity index is 1.67. The van der Waals surface area contributed by atoms with Crippen LogP contribution < -0.4 is 5.32 Å². The van der Waals surface area contributed by atoms with Crippen LogP contribution in [0.25, 0.3) is 10.9 Å². The quantitative estimate of drug-likeness (QED) is 0.895. The molecule has 1 saturated heterocycles. The Morgan fingerprint density at radius 1 is 1.15 bits per heavy atom. The normalized spacial score (nSPS) is 16.9. The van der Waals surface area contributed by atoms with Gasteiger partial charge in [0.1, 0.15) is 0 Å². The molecule has 1 aliphatic rings. The lowest BCUT2D eigenvalue weighted by molar-refractivity contribution is 0.238. The lowest BCUT2D eigenvalue weighted by atomic mass is 10.0. The molecule has 2 heterocycles. The molecule has 0 aliphatic carbocycles. The van der Waals surface area contributed by atoms with Crippen molar-refractivity contribution < 1.29 is 0 Å². The first-order chi connectivity index (χ1) is 9.74. The molecule has 1 aliphatic heterocycles. The number of nitrogens with one attached hydrogen (secondary N) is 2. The topological polar surface area (TPSA) is 31.1 Å². The zero-order valence-corrected chi connectivity index (χ0v) is 12.6. The minimum atomic E-state index is 1.14. The Hall–Kier alpha value is -1.32. The smallest absolute Gasteiger partial charge is 0.0459 e. The van der Waals surface area contributed by atoms with E-state index in [0.29, 0.717) is 0 Å². The van der Waals surface area contributed by atoms with Crippen molar-refractivity contribution in [1.82, 2.24) is 15.2 Å². The van der Waals surface area contributed by atoms with Crippen molar-refractivity contribution in [3.05, 3.63) is 35.0 Å². The van der Waals surface area contributed by atoms with Gasteiger partial charge in [-0.3, -0.25) is 0 Å². The summed E-state index contributed by atoms with van der Waals surface area (Å²) in [4.78, 5) is 6.09. The maximum absolute atomic E-state index is 3.52. The maximum Gasteiger partial charge on any atom is 0.0459 e. The first-order valence-electron chi connectivity index (χ1n) is 7.75. The molecule has 3 rings (SSSR count). The molecule has 1 fully saturated rings. The lowest BCUT2D eigenvalue weighted by Gasteiger charge is -2.27. The molecule has 0 unspecified atom stereocenters. The molecule has 0 amide bonds. The zero-order valence-electron chi connectivity index (χ0n) is 12.6. The highest BCUT2D eigenvalue weighted by atomic mass is 15.2. The molecule has 0 bridgehead atoms. The zero-order chi connectivity index (χ0) is 13.9. The molecular weight excluding hydrogens is 246 g/mol. The van der Waals surface area contributed by atoms with Crippen molar-refractivity contribution in [3.8, 4) is 0 Å². The predicted octanol–water partition coefficient (Wildman–Crippen LogP) is 2.62. The predicted molar refractivity (Wildman–Crippen MR) is 85.4 cm³/mol. The first kappa shape index (κ1) is 13.7. The molecular formula is C17H25N3. The maximum atomic E-state index is 3.52. The van der Waals surface area contributed by atoms with Crippen LogP contribution in [0, 0.1) is 13.8 Å². The summed E-state index contributed by atoms with van der Waals surface area (Å²) >= 11 is 0. The Kier molecular flexibility index (Phi) is 4.08. The van der Waals surface area contributed by atoms with Gasteiger partial charge >= 0.3 is 0 Å². The fourth-order valence-corrected chi connectivity index (χ4v) is 3.23. The molecule has 2 aromatic rings. The summed E-state index contributed by atoms with van der Waals surface area (Å²) in [5, 5.41) is 4.83. The molecule has 0 radical (unpaired) electrons. The number of nitrogens with zero attached hydrogens (tertiary/aromatic N) is 1. The third-order valence-electron chi connectivity index (χ3n) is 4.39. The van der Waals surface area contributed by atoms with E-state index in [1.165, 1.54) is 60.2 Å². The number of H-pyrrole nitrogens is 1. The van der Waals surface area contributed by atoms with Gasteiger partial charge in [-0.25, -0.2) is 0 Å². The van der Waals surface area contributed by atoms with E-state index in [0.717, 1.165) is 13.1 Å². The molecule has 0 saturated carbocycles. The number of aromatic nitrogens is 1. The number of hydrogen-bond acceptors (Lipinski definition) is 2. The highest BCUT2D eigenvalue weighted by Gasteiger charge is 2.11. The van der Waals surface area contributed by atoms with Gasteiger partial charge in [0, 0.05) is 42.8 Å². The Bertz CT molecular complexity index is 579. The van der Waals surface area contributed by atoms with Crippen LogP contribution in [-0.4, -0.2) is 42.6 Å². The van der Waals surface area contributed by atoms with Gasteiger partial charge in [-0.05, 0) is 50.9 Å². The second-order valence-corrected chi connectivity index (χ2v) is 5.97. The molecule has 1 aromatic carbocycles. The summed E-state index contributed by atoms with van der Waals surface area (Å²) < 4.78 is 0. The van der Waals surface area contributed by atoms with Crippen molar-refractivity contribution in [2.45, 2.75) is 26.7 Å². The van der Waals surface area contributed by atoms with Crippen molar-refractivity contribution in [2.75, 3.05) is 32.7 Å². The van der Waals surface area contributed by atoms with Gasteiger partial charge in [0.25, 0.3) is 0 Å². The fourth-order valence-electron chi connectivity index (χ4n) is 3.23. The average Bonchev–Trinajstić information content (AvgIpc) is 2.76. The minimum absolute atomic E-state index is 1.14. The highest BCUT2D eigenvalue weighted by molar-refractivity contribution is 5.85. The molecule has 20 heavy (non-hydrogen) atoms. The van der Waals surface area contributed by atoms with Gasteiger partial charge in [0.05, 0.1) is 0 Å². The minimum Gasteiger partial charge on any atom is -0.358 e. The first-order valence-corrected chi connectivity index (χ1v) is 7.75. The van der Waals surface area contributed by atoms with Gasteiger partial charge in [0.2, 0.25) is 0 Å². The van der Waals surface area contributed by atoms with Crippen LogP contribution in [0.3, 0.4) is 0 Å².